The average Bonchev–Trinajstić information content (AvgIpc) is 3.20. The summed E-state index contributed by atoms with van der Waals surface area (Å²) in [5, 5.41) is 7.67. The zero-order chi connectivity index (χ0) is 19.0. The molecule has 0 spiro atoms. The highest BCUT2D eigenvalue weighted by Gasteiger charge is 2.33. The van der Waals surface area contributed by atoms with E-state index in [2.05, 4.69) is 20.6 Å². The molecule has 1 saturated heterocycles. The van der Waals surface area contributed by atoms with Gasteiger partial charge in [0.05, 0.1) is 5.01 Å². The molecule has 1 aromatic rings. The van der Waals surface area contributed by atoms with Crippen LogP contribution in [0.5, 0.6) is 0 Å². The van der Waals surface area contributed by atoms with Crippen LogP contribution in [0.3, 0.4) is 0 Å². The molecule has 11 heteroatoms. The summed E-state index contributed by atoms with van der Waals surface area (Å²) in [4.78, 5) is 21.4. The predicted molar refractivity (Wildman–Crippen MR) is 111 cm³/mol. The molecule has 0 radical (unpaired) electrons. The van der Waals surface area contributed by atoms with Gasteiger partial charge in [0.1, 0.15) is 0 Å². The number of guanidine groups is 1. The SMILES string of the molecule is CCNC(=NCCCN1CCCC1=O)NCCc1nc(C(F)(F)F)cs1.I. The smallest absolute Gasteiger partial charge is 0.357 e. The summed E-state index contributed by atoms with van der Waals surface area (Å²) in [7, 11) is 0. The Hall–Kier alpha value is -1.11. The fourth-order valence-corrected chi connectivity index (χ4v) is 3.38. The molecule has 2 rings (SSSR count). The highest BCUT2D eigenvalue weighted by molar-refractivity contribution is 14.0. The fraction of sp³-hybridized carbons (Fsp3) is 0.688. The number of hydrogen-bond acceptors (Lipinski definition) is 4. The van der Waals surface area contributed by atoms with Crippen molar-refractivity contribution in [1.82, 2.24) is 20.5 Å². The van der Waals surface area contributed by atoms with Crippen LogP contribution in [0.4, 0.5) is 13.2 Å². The Morgan fingerprint density at radius 2 is 2.19 bits per heavy atom. The van der Waals surface area contributed by atoms with E-state index in [1.807, 2.05) is 11.8 Å². The van der Waals surface area contributed by atoms with E-state index in [1.54, 1.807) is 0 Å². The van der Waals surface area contributed by atoms with E-state index in [9.17, 15) is 18.0 Å². The molecular weight excluding hydrogens is 494 g/mol. The molecule has 1 fully saturated rings. The van der Waals surface area contributed by atoms with Crippen molar-refractivity contribution in [3.05, 3.63) is 16.1 Å². The van der Waals surface area contributed by atoms with Crippen LogP contribution >= 0.6 is 35.3 Å². The minimum atomic E-state index is -4.39. The van der Waals surface area contributed by atoms with Crippen molar-refractivity contribution in [2.45, 2.75) is 38.8 Å². The number of likely N-dealkylation sites (tertiary alicyclic amines) is 1. The molecule has 0 aliphatic carbocycles. The normalized spacial score (nSPS) is 15.0. The first-order valence-electron chi connectivity index (χ1n) is 8.71. The number of carbonyl (C=O) groups is 1. The zero-order valence-electron chi connectivity index (χ0n) is 15.1. The molecule has 1 aliphatic heterocycles. The molecule has 0 bridgehead atoms. The number of nitrogens with one attached hydrogen (secondary N) is 2. The molecule has 1 aromatic heterocycles. The number of carbonyl (C=O) groups excluding carboxylic acids is 1. The summed E-state index contributed by atoms with van der Waals surface area (Å²) < 4.78 is 37.6. The highest BCUT2D eigenvalue weighted by Crippen LogP contribution is 2.29. The third-order valence-corrected chi connectivity index (χ3v) is 4.75. The Labute approximate surface area is 178 Å². The van der Waals surface area contributed by atoms with E-state index in [-0.39, 0.29) is 29.9 Å². The van der Waals surface area contributed by atoms with E-state index in [1.165, 1.54) is 0 Å². The van der Waals surface area contributed by atoms with Gasteiger partial charge < -0.3 is 15.5 Å². The summed E-state index contributed by atoms with van der Waals surface area (Å²) in [5.41, 5.74) is -0.838. The standard InChI is InChI=1S/C16H24F3N5OS.HI/c1-2-20-15(21-7-4-10-24-9-3-5-14(24)25)22-8-6-13-23-12(11-26-13)16(17,18)19;/h11H,2-10H2,1H3,(H2,20,21,22);1H. The van der Waals surface area contributed by atoms with Gasteiger partial charge in [-0.15, -0.1) is 35.3 Å². The second-order valence-electron chi connectivity index (χ2n) is 5.90. The first-order chi connectivity index (χ1) is 12.4. The number of aliphatic imine (C=N–C) groups is 1. The van der Waals surface area contributed by atoms with E-state index in [4.69, 9.17) is 0 Å². The number of nitrogens with zero attached hydrogens (tertiary/aromatic N) is 3. The molecule has 6 nitrogen and oxygen atoms in total. The third-order valence-electron chi connectivity index (χ3n) is 3.85. The van der Waals surface area contributed by atoms with Gasteiger partial charge in [-0.05, 0) is 19.8 Å². The Morgan fingerprint density at radius 3 is 2.78 bits per heavy atom. The fourth-order valence-electron chi connectivity index (χ4n) is 2.58. The van der Waals surface area contributed by atoms with Crippen molar-refractivity contribution in [3.63, 3.8) is 0 Å². The molecule has 2 N–H and O–H groups in total. The number of alkyl halides is 3. The van der Waals surface area contributed by atoms with Crippen LogP contribution in [0.2, 0.25) is 0 Å². The van der Waals surface area contributed by atoms with Crippen LogP contribution in [0.25, 0.3) is 0 Å². The number of amides is 1. The Morgan fingerprint density at radius 1 is 1.41 bits per heavy atom. The molecule has 0 saturated carbocycles. The molecule has 1 aliphatic rings. The van der Waals surface area contributed by atoms with Gasteiger partial charge in [0.2, 0.25) is 5.91 Å². The van der Waals surface area contributed by atoms with Gasteiger partial charge in [0, 0.05) is 50.9 Å². The maximum Gasteiger partial charge on any atom is 0.434 e. The number of aromatic nitrogens is 1. The highest BCUT2D eigenvalue weighted by atomic mass is 127. The predicted octanol–water partition coefficient (Wildman–Crippen LogP) is 2.89. The van der Waals surface area contributed by atoms with E-state index < -0.39 is 11.9 Å². The maximum absolute atomic E-state index is 12.5. The van der Waals surface area contributed by atoms with Crippen molar-refractivity contribution < 1.29 is 18.0 Å². The van der Waals surface area contributed by atoms with Crippen LogP contribution in [-0.2, 0) is 17.4 Å². The lowest BCUT2D eigenvalue weighted by molar-refractivity contribution is -0.140. The van der Waals surface area contributed by atoms with Crippen molar-refractivity contribution in [3.8, 4) is 0 Å². The second-order valence-corrected chi connectivity index (χ2v) is 6.84. The summed E-state index contributed by atoms with van der Waals surface area (Å²) in [6.45, 7) is 5.19. The average molecular weight is 519 g/mol. The summed E-state index contributed by atoms with van der Waals surface area (Å²) in [6.07, 6.45) is -1.65. The van der Waals surface area contributed by atoms with Gasteiger partial charge in [0.15, 0.2) is 11.7 Å². The van der Waals surface area contributed by atoms with Crippen LogP contribution in [0.15, 0.2) is 10.4 Å². The quantitative estimate of drug-likeness (QED) is 0.240. The number of thiazole rings is 1. The number of halogens is 4. The summed E-state index contributed by atoms with van der Waals surface area (Å²) in [5.74, 6) is 0.827. The molecule has 154 valence electrons. The third kappa shape index (κ3) is 8.20. The first kappa shape index (κ1) is 23.9. The molecule has 0 atom stereocenters. The minimum absolute atomic E-state index is 0. The molecule has 27 heavy (non-hydrogen) atoms. The van der Waals surface area contributed by atoms with Gasteiger partial charge in [-0.3, -0.25) is 9.79 Å². The number of rotatable bonds is 8. The first-order valence-corrected chi connectivity index (χ1v) is 9.59. The van der Waals surface area contributed by atoms with Gasteiger partial charge in [-0.1, -0.05) is 0 Å². The van der Waals surface area contributed by atoms with Gasteiger partial charge in [-0.25, -0.2) is 4.98 Å². The Kier molecular flexibility index (Phi) is 10.3. The van der Waals surface area contributed by atoms with Gasteiger partial charge in [0.25, 0.3) is 0 Å². The lowest BCUT2D eigenvalue weighted by Crippen LogP contribution is -2.38. The molecular formula is C16H25F3IN5OS. The van der Waals surface area contributed by atoms with E-state index in [0.29, 0.717) is 50.0 Å². The van der Waals surface area contributed by atoms with Crippen molar-refractivity contribution in [1.29, 1.82) is 0 Å². The lowest BCUT2D eigenvalue weighted by Gasteiger charge is -2.15. The maximum atomic E-state index is 12.5. The largest absolute Gasteiger partial charge is 0.434 e. The minimum Gasteiger partial charge on any atom is -0.357 e. The Balaban J connectivity index is 0.00000364. The Bertz CT molecular complexity index is 623. The second kappa shape index (κ2) is 11.7. The summed E-state index contributed by atoms with van der Waals surface area (Å²) in [6, 6.07) is 0. The monoisotopic (exact) mass is 519 g/mol. The van der Waals surface area contributed by atoms with Gasteiger partial charge >= 0.3 is 6.18 Å². The van der Waals surface area contributed by atoms with Crippen molar-refractivity contribution in [2.24, 2.45) is 4.99 Å². The summed E-state index contributed by atoms with van der Waals surface area (Å²) >= 11 is 1.01. The van der Waals surface area contributed by atoms with E-state index in [0.717, 1.165) is 36.1 Å². The molecule has 0 aromatic carbocycles. The number of hydrogen-bond donors (Lipinski definition) is 2. The van der Waals surface area contributed by atoms with Crippen LogP contribution in [-0.4, -0.2) is 54.5 Å². The topological polar surface area (TPSA) is 69.6 Å². The molecule has 1 amide bonds. The lowest BCUT2D eigenvalue weighted by atomic mass is 10.4. The van der Waals surface area contributed by atoms with Crippen LogP contribution in [0, 0.1) is 0 Å². The van der Waals surface area contributed by atoms with Crippen LogP contribution < -0.4 is 10.6 Å². The van der Waals surface area contributed by atoms with Gasteiger partial charge in [-0.2, -0.15) is 13.2 Å². The van der Waals surface area contributed by atoms with Crippen molar-refractivity contribution in [2.75, 3.05) is 32.7 Å². The van der Waals surface area contributed by atoms with E-state index >= 15 is 0 Å². The molecule has 0 unspecified atom stereocenters. The molecule has 2 heterocycles. The zero-order valence-corrected chi connectivity index (χ0v) is 18.3. The van der Waals surface area contributed by atoms with Crippen molar-refractivity contribution >= 4 is 47.2 Å². The van der Waals surface area contributed by atoms with Crippen LogP contribution in [0.1, 0.15) is 36.9 Å².